The van der Waals surface area contributed by atoms with E-state index in [2.05, 4.69) is 0 Å². The van der Waals surface area contributed by atoms with E-state index >= 15 is 0 Å². The van der Waals surface area contributed by atoms with Crippen LogP contribution >= 0.6 is 11.6 Å². The number of rotatable bonds is 6. The summed E-state index contributed by atoms with van der Waals surface area (Å²) in [6.07, 6.45) is 0. The van der Waals surface area contributed by atoms with Gasteiger partial charge in [0.05, 0.1) is 12.7 Å². The fraction of sp³-hybridized carbons (Fsp3) is 0.120. The smallest absolute Gasteiger partial charge is 0.344 e. The van der Waals surface area contributed by atoms with Crippen LogP contribution in [-0.2, 0) is 0 Å². The lowest BCUT2D eigenvalue weighted by Crippen LogP contribution is -2.11. The summed E-state index contributed by atoms with van der Waals surface area (Å²) in [6.45, 7) is 1.74. The molecule has 0 aliphatic carbocycles. The first-order valence-electron chi connectivity index (χ1n) is 9.59. The van der Waals surface area contributed by atoms with Crippen molar-refractivity contribution in [1.82, 2.24) is 0 Å². The maximum atomic E-state index is 12.6. The number of carbonyl (C=O) groups is 1. The van der Waals surface area contributed by atoms with Crippen LogP contribution in [0.4, 0.5) is 0 Å². The van der Waals surface area contributed by atoms with Gasteiger partial charge < -0.3 is 13.9 Å². The molecule has 3 aromatic carbocycles. The molecule has 156 valence electrons. The first-order chi connectivity index (χ1) is 15.0. The molecule has 0 fully saturated rings. The molecular formula is C25H19ClO5. The van der Waals surface area contributed by atoms with Crippen LogP contribution < -0.4 is 15.1 Å². The lowest BCUT2D eigenvalue weighted by molar-refractivity contribution is 0.0921. The molecule has 1 aromatic heterocycles. The van der Waals surface area contributed by atoms with Crippen LogP contribution in [-0.4, -0.2) is 19.5 Å². The number of halogens is 1. The van der Waals surface area contributed by atoms with Crippen molar-refractivity contribution in [2.24, 2.45) is 0 Å². The largest absolute Gasteiger partial charge is 0.497 e. The predicted molar refractivity (Wildman–Crippen MR) is 120 cm³/mol. The second kappa shape index (κ2) is 8.66. The summed E-state index contributed by atoms with van der Waals surface area (Å²) in [5.41, 5.74) is 2.52. The lowest BCUT2D eigenvalue weighted by atomic mass is 9.99. The number of carbonyl (C=O) groups excluding carboxylic acids is 1. The minimum absolute atomic E-state index is 0.113. The zero-order chi connectivity index (χ0) is 22.0. The van der Waals surface area contributed by atoms with Gasteiger partial charge in [-0.2, -0.15) is 0 Å². The molecule has 0 saturated carbocycles. The van der Waals surface area contributed by atoms with Crippen molar-refractivity contribution < 1.29 is 18.7 Å². The van der Waals surface area contributed by atoms with Crippen LogP contribution in [0.1, 0.15) is 15.9 Å². The van der Waals surface area contributed by atoms with Crippen molar-refractivity contribution in [2.75, 3.05) is 13.7 Å². The normalized spacial score (nSPS) is 10.8. The summed E-state index contributed by atoms with van der Waals surface area (Å²) >= 11 is 5.96. The highest BCUT2D eigenvalue weighted by molar-refractivity contribution is 6.30. The Bertz CT molecular complexity index is 1310. The Hall–Kier alpha value is -3.57. The SMILES string of the molecule is COc1ccc(C(=O)COc2ccc3oc(=O)c(-c4ccc(Cl)cc4)c(C)c3c2)cc1. The third-order valence-corrected chi connectivity index (χ3v) is 5.30. The Balaban J connectivity index is 1.61. The molecule has 4 rings (SSSR count). The van der Waals surface area contributed by atoms with Gasteiger partial charge in [0.1, 0.15) is 17.1 Å². The Kier molecular flexibility index (Phi) is 5.78. The maximum Gasteiger partial charge on any atom is 0.344 e. The fourth-order valence-electron chi connectivity index (χ4n) is 3.38. The second-order valence-corrected chi connectivity index (χ2v) is 7.43. The lowest BCUT2D eigenvalue weighted by Gasteiger charge is -2.11. The molecule has 0 amide bonds. The Morgan fingerprint density at radius 2 is 1.65 bits per heavy atom. The summed E-state index contributed by atoms with van der Waals surface area (Å²) in [5.74, 6) is 1.04. The van der Waals surface area contributed by atoms with Crippen LogP contribution in [0.3, 0.4) is 0 Å². The molecular weight excluding hydrogens is 416 g/mol. The van der Waals surface area contributed by atoms with Gasteiger partial charge >= 0.3 is 5.63 Å². The number of ether oxygens (including phenoxy) is 2. The molecule has 4 aromatic rings. The maximum absolute atomic E-state index is 12.6. The number of hydrogen-bond acceptors (Lipinski definition) is 5. The molecule has 0 atom stereocenters. The van der Waals surface area contributed by atoms with Crippen molar-refractivity contribution in [3.05, 3.63) is 93.3 Å². The fourth-order valence-corrected chi connectivity index (χ4v) is 3.51. The monoisotopic (exact) mass is 434 g/mol. The number of hydrogen-bond donors (Lipinski definition) is 0. The van der Waals surface area contributed by atoms with Crippen LogP contribution in [0.25, 0.3) is 22.1 Å². The average Bonchev–Trinajstić information content (AvgIpc) is 2.79. The van der Waals surface area contributed by atoms with Crippen molar-refractivity contribution in [2.45, 2.75) is 6.92 Å². The van der Waals surface area contributed by atoms with Crippen molar-refractivity contribution in [3.63, 3.8) is 0 Å². The first-order valence-corrected chi connectivity index (χ1v) is 9.97. The molecule has 0 aliphatic heterocycles. The summed E-state index contributed by atoms with van der Waals surface area (Å²) in [5, 5.41) is 1.32. The molecule has 0 aliphatic rings. The minimum atomic E-state index is -0.421. The highest BCUT2D eigenvalue weighted by Crippen LogP contribution is 2.30. The van der Waals surface area contributed by atoms with Gasteiger partial charge in [-0.3, -0.25) is 4.79 Å². The number of ketones is 1. The van der Waals surface area contributed by atoms with E-state index < -0.39 is 5.63 Å². The summed E-state index contributed by atoms with van der Waals surface area (Å²) in [4.78, 5) is 25.0. The van der Waals surface area contributed by atoms with Crippen molar-refractivity contribution >= 4 is 28.4 Å². The standard InChI is InChI=1S/C25H19ClO5/c1-15-21-13-20(30-14-22(27)16-5-9-19(29-2)10-6-16)11-12-23(21)31-25(28)24(15)17-3-7-18(26)8-4-17/h3-13H,14H2,1-2H3. The molecule has 6 heteroatoms. The van der Waals surface area contributed by atoms with Gasteiger partial charge in [-0.25, -0.2) is 4.79 Å². The molecule has 1 heterocycles. The van der Waals surface area contributed by atoms with Gasteiger partial charge in [-0.05, 0) is 72.6 Å². The molecule has 5 nitrogen and oxygen atoms in total. The van der Waals surface area contributed by atoms with E-state index in [1.54, 1.807) is 73.8 Å². The minimum Gasteiger partial charge on any atom is -0.497 e. The highest BCUT2D eigenvalue weighted by atomic mass is 35.5. The Morgan fingerprint density at radius 3 is 2.32 bits per heavy atom. The zero-order valence-corrected chi connectivity index (χ0v) is 17.7. The second-order valence-electron chi connectivity index (χ2n) is 6.99. The van der Waals surface area contributed by atoms with Gasteiger partial charge in [0.15, 0.2) is 12.4 Å². The summed E-state index contributed by atoms with van der Waals surface area (Å²) < 4.78 is 16.3. The molecule has 0 spiro atoms. The van der Waals surface area contributed by atoms with Gasteiger partial charge in [0.2, 0.25) is 0 Å². The first kappa shape index (κ1) is 20.7. The van der Waals surface area contributed by atoms with E-state index in [4.69, 9.17) is 25.5 Å². The van der Waals surface area contributed by atoms with E-state index in [1.807, 2.05) is 6.92 Å². The van der Waals surface area contributed by atoms with Gasteiger partial charge in [-0.15, -0.1) is 0 Å². The van der Waals surface area contributed by atoms with E-state index in [0.717, 1.165) is 16.5 Å². The Labute approximate surface area is 183 Å². The predicted octanol–water partition coefficient (Wildman–Crippen LogP) is 5.69. The zero-order valence-electron chi connectivity index (χ0n) is 17.0. The number of benzene rings is 3. The molecule has 0 bridgehead atoms. The third kappa shape index (κ3) is 4.32. The third-order valence-electron chi connectivity index (χ3n) is 5.05. The Morgan fingerprint density at radius 1 is 0.968 bits per heavy atom. The summed E-state index contributed by atoms with van der Waals surface area (Å²) in [6, 6.07) is 19.0. The van der Waals surface area contributed by atoms with E-state index in [9.17, 15) is 9.59 Å². The van der Waals surface area contributed by atoms with E-state index in [1.165, 1.54) is 0 Å². The van der Waals surface area contributed by atoms with Gasteiger partial charge in [0.25, 0.3) is 0 Å². The van der Waals surface area contributed by atoms with Crippen LogP contribution in [0.15, 0.2) is 75.9 Å². The van der Waals surface area contributed by atoms with E-state index in [-0.39, 0.29) is 12.4 Å². The summed E-state index contributed by atoms with van der Waals surface area (Å²) in [7, 11) is 1.57. The molecule has 0 unspecified atom stereocenters. The highest BCUT2D eigenvalue weighted by Gasteiger charge is 2.15. The number of Topliss-reactive ketones (excluding diaryl/α,β-unsaturated/α-hetero) is 1. The van der Waals surface area contributed by atoms with Crippen molar-refractivity contribution in [1.29, 1.82) is 0 Å². The number of fused-ring (bicyclic) bond motifs is 1. The molecule has 31 heavy (non-hydrogen) atoms. The topological polar surface area (TPSA) is 65.7 Å². The van der Waals surface area contributed by atoms with Crippen molar-refractivity contribution in [3.8, 4) is 22.6 Å². The molecule has 0 N–H and O–H groups in total. The average molecular weight is 435 g/mol. The van der Waals surface area contributed by atoms with Crippen LogP contribution in [0.5, 0.6) is 11.5 Å². The van der Waals surface area contributed by atoms with Crippen LogP contribution in [0.2, 0.25) is 5.02 Å². The van der Waals surface area contributed by atoms with E-state index in [0.29, 0.717) is 33.2 Å². The molecule has 0 saturated heterocycles. The quantitative estimate of drug-likeness (QED) is 0.288. The van der Waals surface area contributed by atoms with Gasteiger partial charge in [-0.1, -0.05) is 23.7 Å². The van der Waals surface area contributed by atoms with Crippen LogP contribution in [0, 0.1) is 6.92 Å². The molecule has 0 radical (unpaired) electrons. The number of aryl methyl sites for hydroxylation is 1. The van der Waals surface area contributed by atoms with Gasteiger partial charge in [0, 0.05) is 16.0 Å². The number of methoxy groups -OCH3 is 1.